The number of methoxy groups -OCH3 is 1. The number of benzene rings is 1. The van der Waals surface area contributed by atoms with Crippen molar-refractivity contribution in [3.8, 4) is 5.75 Å². The summed E-state index contributed by atoms with van der Waals surface area (Å²) in [6, 6.07) is 16.0. The first kappa shape index (κ1) is 23.4. The molecule has 182 valence electrons. The first-order valence-electron chi connectivity index (χ1n) is 12.2. The van der Waals surface area contributed by atoms with E-state index >= 15 is 0 Å². The number of hydrogen-bond acceptors (Lipinski definition) is 4. The van der Waals surface area contributed by atoms with Gasteiger partial charge in [-0.15, -0.1) is 0 Å². The van der Waals surface area contributed by atoms with Crippen LogP contribution in [0.2, 0.25) is 0 Å². The topological polar surface area (TPSA) is 71.4 Å². The fraction of sp³-hybridized carbons (Fsp3) is 0.370. The zero-order valence-electron chi connectivity index (χ0n) is 19.9. The second-order valence-corrected chi connectivity index (χ2v) is 9.54. The van der Waals surface area contributed by atoms with Crippen LogP contribution in [-0.2, 0) is 4.79 Å². The first-order chi connectivity index (χ1) is 17.1. The fourth-order valence-corrected chi connectivity index (χ4v) is 5.56. The number of nitrogens with zero attached hydrogens (tertiary/aromatic N) is 3. The van der Waals surface area contributed by atoms with E-state index in [0.717, 1.165) is 5.69 Å². The van der Waals surface area contributed by atoms with Crippen molar-refractivity contribution in [3.63, 3.8) is 0 Å². The van der Waals surface area contributed by atoms with Crippen LogP contribution in [0, 0.1) is 0 Å². The van der Waals surface area contributed by atoms with Gasteiger partial charge in [0.1, 0.15) is 5.75 Å². The monoisotopic (exact) mass is 489 g/mol. The SMILES string of the molecule is COc1ccccc1NC(=O)CCN1C(=S)N[C@@H](c2ccccn2)[C@@H]1c1ccn(C2CCCC2)c1. The lowest BCUT2D eigenvalue weighted by atomic mass is 9.99. The third kappa shape index (κ3) is 5.03. The predicted molar refractivity (Wildman–Crippen MR) is 140 cm³/mol. The molecular weight excluding hydrogens is 458 g/mol. The van der Waals surface area contributed by atoms with Gasteiger partial charge in [-0.1, -0.05) is 31.0 Å². The number of ether oxygens (including phenoxy) is 1. The molecule has 2 aliphatic rings. The maximum atomic E-state index is 12.8. The van der Waals surface area contributed by atoms with Gasteiger partial charge in [-0.3, -0.25) is 9.78 Å². The molecule has 0 unspecified atom stereocenters. The Morgan fingerprint density at radius 2 is 1.97 bits per heavy atom. The van der Waals surface area contributed by atoms with Crippen LogP contribution >= 0.6 is 12.2 Å². The molecule has 2 fully saturated rings. The van der Waals surface area contributed by atoms with Crippen molar-refractivity contribution in [2.24, 2.45) is 0 Å². The Labute approximate surface area is 211 Å². The highest BCUT2D eigenvalue weighted by molar-refractivity contribution is 7.80. The van der Waals surface area contributed by atoms with Crippen molar-refractivity contribution >= 4 is 28.9 Å². The van der Waals surface area contributed by atoms with Crippen LogP contribution in [-0.4, -0.2) is 39.1 Å². The van der Waals surface area contributed by atoms with Crippen LogP contribution < -0.4 is 15.4 Å². The van der Waals surface area contributed by atoms with E-state index in [-0.39, 0.29) is 18.0 Å². The Kier molecular flexibility index (Phi) is 6.99. The van der Waals surface area contributed by atoms with Crippen molar-refractivity contribution in [2.75, 3.05) is 19.0 Å². The minimum atomic E-state index is -0.0830. The van der Waals surface area contributed by atoms with Crippen LogP contribution in [0.4, 0.5) is 5.69 Å². The van der Waals surface area contributed by atoms with Crippen molar-refractivity contribution < 1.29 is 9.53 Å². The molecule has 0 bridgehead atoms. The number of aromatic nitrogens is 2. The molecule has 35 heavy (non-hydrogen) atoms. The number of carbonyl (C=O) groups excluding carboxylic acids is 1. The quantitative estimate of drug-likeness (QED) is 0.434. The lowest BCUT2D eigenvalue weighted by molar-refractivity contribution is -0.116. The number of pyridine rings is 1. The van der Waals surface area contributed by atoms with E-state index < -0.39 is 0 Å². The largest absolute Gasteiger partial charge is 0.495 e. The first-order valence-corrected chi connectivity index (χ1v) is 12.6. The van der Waals surface area contributed by atoms with E-state index in [1.165, 1.54) is 31.2 Å². The summed E-state index contributed by atoms with van der Waals surface area (Å²) in [5.74, 6) is 0.557. The molecule has 8 heteroatoms. The Morgan fingerprint density at radius 3 is 2.74 bits per heavy atom. The van der Waals surface area contributed by atoms with E-state index in [2.05, 4.69) is 43.5 Å². The van der Waals surface area contributed by atoms with Gasteiger partial charge >= 0.3 is 0 Å². The molecule has 0 spiro atoms. The molecule has 1 saturated carbocycles. The number of nitrogens with one attached hydrogen (secondary N) is 2. The maximum absolute atomic E-state index is 12.8. The van der Waals surface area contributed by atoms with Crippen LogP contribution in [0.3, 0.4) is 0 Å². The zero-order valence-corrected chi connectivity index (χ0v) is 20.7. The summed E-state index contributed by atoms with van der Waals surface area (Å²) in [5, 5.41) is 7.08. The molecule has 1 aliphatic carbocycles. The van der Waals surface area contributed by atoms with Gasteiger partial charge in [-0.2, -0.15) is 0 Å². The van der Waals surface area contributed by atoms with Gasteiger partial charge in [-0.25, -0.2) is 0 Å². The fourth-order valence-electron chi connectivity index (χ4n) is 5.23. The normalized spacial score (nSPS) is 20.1. The minimum Gasteiger partial charge on any atom is -0.495 e. The number of para-hydroxylation sites is 2. The van der Waals surface area contributed by atoms with Gasteiger partial charge in [0.25, 0.3) is 0 Å². The maximum Gasteiger partial charge on any atom is 0.226 e. The molecular formula is C27H31N5O2S. The summed E-state index contributed by atoms with van der Waals surface area (Å²) in [6.07, 6.45) is 11.6. The molecule has 1 saturated heterocycles. The Morgan fingerprint density at radius 1 is 1.17 bits per heavy atom. The van der Waals surface area contributed by atoms with Gasteiger partial charge in [0.05, 0.1) is 30.6 Å². The highest BCUT2D eigenvalue weighted by Crippen LogP contribution is 2.40. The standard InChI is InChI=1S/C27H31N5O2S/c1-34-23-12-5-4-10-21(23)29-24(33)14-17-32-26(19-13-16-31(18-19)20-8-2-3-9-20)25(30-27(32)35)22-11-6-7-15-28-22/h4-7,10-13,15-16,18,20,25-26H,2-3,8-9,14,17H2,1H3,(H,29,33)(H,30,35)/t25-,26-/m0/s1. The molecule has 3 heterocycles. The molecule has 2 aromatic heterocycles. The van der Waals surface area contributed by atoms with Crippen LogP contribution in [0.15, 0.2) is 67.1 Å². The van der Waals surface area contributed by atoms with Crippen LogP contribution in [0.1, 0.15) is 61.5 Å². The molecule has 2 N–H and O–H groups in total. The number of hydrogen-bond donors (Lipinski definition) is 2. The lowest BCUT2D eigenvalue weighted by Gasteiger charge is -2.27. The highest BCUT2D eigenvalue weighted by Gasteiger charge is 2.40. The van der Waals surface area contributed by atoms with Gasteiger partial charge in [-0.05, 0) is 61.0 Å². The average Bonchev–Trinajstić information content (AvgIpc) is 3.64. The molecule has 2 atom stereocenters. The lowest BCUT2D eigenvalue weighted by Crippen LogP contribution is -2.32. The second kappa shape index (κ2) is 10.5. The Balaban J connectivity index is 1.36. The van der Waals surface area contributed by atoms with Gasteiger partial charge < -0.3 is 24.8 Å². The third-order valence-electron chi connectivity index (χ3n) is 6.98. The molecule has 1 amide bonds. The van der Waals surface area contributed by atoms with Crippen molar-refractivity contribution in [3.05, 3.63) is 78.4 Å². The summed E-state index contributed by atoms with van der Waals surface area (Å²) in [6.45, 7) is 0.495. The highest BCUT2D eigenvalue weighted by atomic mass is 32.1. The summed E-state index contributed by atoms with van der Waals surface area (Å²) in [4.78, 5) is 19.6. The van der Waals surface area contributed by atoms with Crippen molar-refractivity contribution in [2.45, 2.75) is 50.2 Å². The number of thiocarbonyl (C=S) groups is 1. The number of rotatable bonds is 8. The average molecular weight is 490 g/mol. The summed E-state index contributed by atoms with van der Waals surface area (Å²) in [5.41, 5.74) is 2.79. The number of carbonyl (C=O) groups is 1. The zero-order chi connectivity index (χ0) is 24.2. The number of amides is 1. The van der Waals surface area contributed by atoms with E-state index in [0.29, 0.717) is 35.6 Å². The van der Waals surface area contributed by atoms with Gasteiger partial charge in [0.2, 0.25) is 5.91 Å². The molecule has 0 radical (unpaired) electrons. The molecule has 5 rings (SSSR count). The van der Waals surface area contributed by atoms with Gasteiger partial charge in [0, 0.05) is 37.6 Å². The molecule has 3 aromatic rings. The van der Waals surface area contributed by atoms with Crippen LogP contribution in [0.25, 0.3) is 0 Å². The third-order valence-corrected chi connectivity index (χ3v) is 7.34. The summed E-state index contributed by atoms with van der Waals surface area (Å²) < 4.78 is 7.71. The van der Waals surface area contributed by atoms with E-state index in [4.69, 9.17) is 17.0 Å². The van der Waals surface area contributed by atoms with Crippen molar-refractivity contribution in [1.29, 1.82) is 0 Å². The van der Waals surface area contributed by atoms with E-state index in [1.54, 1.807) is 7.11 Å². The van der Waals surface area contributed by atoms with Gasteiger partial charge in [0.15, 0.2) is 5.11 Å². The summed E-state index contributed by atoms with van der Waals surface area (Å²) in [7, 11) is 1.60. The minimum absolute atomic E-state index is 0.0425. The van der Waals surface area contributed by atoms with E-state index in [1.807, 2.05) is 48.7 Å². The molecule has 1 aliphatic heterocycles. The predicted octanol–water partition coefficient (Wildman–Crippen LogP) is 5.01. The van der Waals surface area contributed by atoms with Crippen LogP contribution in [0.5, 0.6) is 5.75 Å². The number of anilines is 1. The molecule has 7 nitrogen and oxygen atoms in total. The smallest absolute Gasteiger partial charge is 0.226 e. The second-order valence-electron chi connectivity index (χ2n) is 9.15. The van der Waals surface area contributed by atoms with E-state index in [9.17, 15) is 4.79 Å². The summed E-state index contributed by atoms with van der Waals surface area (Å²) >= 11 is 5.76. The Bertz CT molecular complexity index is 1180. The van der Waals surface area contributed by atoms with Crippen molar-refractivity contribution in [1.82, 2.24) is 19.8 Å². The Hall–Kier alpha value is -3.39. The molecule has 1 aromatic carbocycles.